The highest BCUT2D eigenvalue weighted by Crippen LogP contribution is 2.46. The van der Waals surface area contributed by atoms with Gasteiger partial charge in [-0.2, -0.15) is 4.39 Å². The molecule has 0 spiro atoms. The first-order valence-electron chi connectivity index (χ1n) is 14.6. The monoisotopic (exact) mass is 670 g/mol. The van der Waals surface area contributed by atoms with E-state index in [0.717, 1.165) is 21.9 Å². The van der Waals surface area contributed by atoms with Crippen LogP contribution >= 0.6 is 19.3 Å². The van der Waals surface area contributed by atoms with Crippen LogP contribution < -0.4 is 16.6 Å². The fraction of sp³-hybridized carbons (Fsp3) is 0.852. The third-order valence-electron chi connectivity index (χ3n) is 8.79. The minimum atomic E-state index is -4.62. The molecule has 2 aliphatic rings. The van der Waals surface area contributed by atoms with Gasteiger partial charge in [0.15, 0.2) is 8.32 Å². The molecule has 43 heavy (non-hydrogen) atoms. The molecule has 3 rings (SSSR count). The van der Waals surface area contributed by atoms with Gasteiger partial charge in [0.05, 0.1) is 29.4 Å². The lowest BCUT2D eigenvalue weighted by molar-refractivity contribution is -0.0927. The van der Waals surface area contributed by atoms with Crippen LogP contribution in [0.3, 0.4) is 0 Å². The fourth-order valence-corrected chi connectivity index (χ4v) is 7.96. The maximum absolute atomic E-state index is 14.2. The quantitative estimate of drug-likeness (QED) is 0.154. The number of hydrogen-bond donors (Lipinski definition) is 4. The summed E-state index contributed by atoms with van der Waals surface area (Å²) < 4.78 is 47.5. The van der Waals surface area contributed by atoms with E-state index in [1.807, 2.05) is 11.9 Å². The molecule has 4 N–H and O–H groups in total. The molecule has 0 aromatic carbocycles. The zero-order valence-electron chi connectivity index (χ0n) is 26.6. The lowest BCUT2D eigenvalue weighted by Crippen LogP contribution is -2.55. The number of halogens is 2. The van der Waals surface area contributed by atoms with Crippen molar-refractivity contribution in [2.24, 2.45) is 0 Å². The van der Waals surface area contributed by atoms with Crippen LogP contribution in [0, 0.1) is 5.82 Å². The van der Waals surface area contributed by atoms with Gasteiger partial charge in [-0.3, -0.25) is 19.7 Å². The summed E-state index contributed by atoms with van der Waals surface area (Å²) in [4.78, 5) is 44.8. The minimum absolute atomic E-state index is 0.0149. The van der Waals surface area contributed by atoms with Gasteiger partial charge in [0.25, 0.3) is 5.56 Å². The summed E-state index contributed by atoms with van der Waals surface area (Å²) in [6, 6.07) is 0. The van der Waals surface area contributed by atoms with Crippen molar-refractivity contribution in [2.45, 2.75) is 133 Å². The van der Waals surface area contributed by atoms with Crippen molar-refractivity contribution in [3.63, 3.8) is 0 Å². The van der Waals surface area contributed by atoms with Crippen LogP contribution in [-0.2, 0) is 18.5 Å². The Morgan fingerprint density at radius 1 is 1.28 bits per heavy atom. The van der Waals surface area contributed by atoms with Crippen LogP contribution in [-0.4, -0.2) is 80.9 Å². The molecule has 2 fully saturated rings. The zero-order valence-corrected chi connectivity index (χ0v) is 29.3. The van der Waals surface area contributed by atoms with E-state index in [1.54, 1.807) is 0 Å². The van der Waals surface area contributed by atoms with Gasteiger partial charge in [-0.05, 0) is 71.6 Å². The SMILES string of the molecule is CC1CC(C)(C)NC(CCC(Cl)(C[C@H]2O[C@@H](n3cc(F)c(=O)[nH]c3=O)C[C@@H]2O[Si](C)(C)C(C)(C)C)CN(C)P(=O)(O)O)O1. The third kappa shape index (κ3) is 9.54. The molecule has 0 amide bonds. The zero-order chi connectivity index (χ0) is 32.8. The minimum Gasteiger partial charge on any atom is -0.411 e. The Morgan fingerprint density at radius 3 is 2.47 bits per heavy atom. The van der Waals surface area contributed by atoms with Gasteiger partial charge in [0.1, 0.15) is 12.5 Å². The first-order valence-corrected chi connectivity index (χ1v) is 19.5. The van der Waals surface area contributed by atoms with Crippen LogP contribution in [0.4, 0.5) is 4.39 Å². The van der Waals surface area contributed by atoms with Gasteiger partial charge < -0.3 is 23.7 Å². The van der Waals surface area contributed by atoms with E-state index in [9.17, 15) is 28.3 Å². The van der Waals surface area contributed by atoms with Gasteiger partial charge in [-0.15, -0.1) is 11.6 Å². The van der Waals surface area contributed by atoms with Crippen LogP contribution in [0.5, 0.6) is 0 Å². The van der Waals surface area contributed by atoms with E-state index in [2.05, 4.69) is 53.0 Å². The van der Waals surface area contributed by atoms with Crippen LogP contribution in [0.2, 0.25) is 18.1 Å². The lowest BCUT2D eigenvalue weighted by atomic mass is 9.90. The van der Waals surface area contributed by atoms with E-state index in [4.69, 9.17) is 25.5 Å². The Morgan fingerprint density at radius 2 is 1.91 bits per heavy atom. The van der Waals surface area contributed by atoms with Gasteiger partial charge >= 0.3 is 13.4 Å². The molecule has 0 radical (unpaired) electrons. The molecule has 6 atom stereocenters. The standard InChI is InChI=1S/C27H49ClFN4O8PSi/c1-17-13-26(5,6)31-21(39-17)10-11-27(28,16-32(7)42(36,37)38)14-20-19(41-43(8,9)25(2,3)4)12-22(40-20)33-15-18(29)23(34)30-24(33)35/h15,17,19-22,31H,10-14,16H2,1-9H3,(H,30,34,35)(H2,36,37,38)/t17?,19-,20+,21?,22+,27?/m0/s1. The summed E-state index contributed by atoms with van der Waals surface area (Å²) in [6.45, 7) is 16.4. The topological polar surface area (TPSA) is 155 Å². The average molecular weight is 671 g/mol. The summed E-state index contributed by atoms with van der Waals surface area (Å²) in [5, 5.41) is 3.31. The van der Waals surface area contributed by atoms with E-state index < -0.39 is 56.4 Å². The van der Waals surface area contributed by atoms with Gasteiger partial charge in [-0.1, -0.05) is 20.8 Å². The number of aromatic amines is 1. The molecule has 16 heteroatoms. The predicted octanol–water partition coefficient (Wildman–Crippen LogP) is 4.03. The Bertz CT molecular complexity index is 1300. The van der Waals surface area contributed by atoms with Crippen molar-refractivity contribution in [2.75, 3.05) is 13.6 Å². The second kappa shape index (κ2) is 13.1. The summed E-state index contributed by atoms with van der Waals surface area (Å²) in [5.74, 6) is -1.12. The van der Waals surface area contributed by atoms with Crippen LogP contribution in [0.25, 0.3) is 0 Å². The van der Waals surface area contributed by atoms with Gasteiger partial charge in [0, 0.05) is 18.5 Å². The maximum Gasteiger partial charge on any atom is 0.402 e. The van der Waals surface area contributed by atoms with Crippen molar-refractivity contribution in [3.8, 4) is 0 Å². The number of alkyl halides is 1. The number of aromatic nitrogens is 2. The van der Waals surface area contributed by atoms with Crippen molar-refractivity contribution in [1.82, 2.24) is 19.5 Å². The molecule has 2 saturated heterocycles. The van der Waals surface area contributed by atoms with Crippen LogP contribution in [0.1, 0.15) is 79.9 Å². The highest BCUT2D eigenvalue weighted by atomic mass is 35.5. The number of nitrogens with zero attached hydrogens (tertiary/aromatic N) is 2. The van der Waals surface area contributed by atoms with E-state index in [0.29, 0.717) is 12.8 Å². The second-order valence-corrected chi connectivity index (χ2v) is 21.6. The first-order chi connectivity index (χ1) is 19.4. The number of hydrogen-bond acceptors (Lipinski definition) is 7. The average Bonchev–Trinajstić information content (AvgIpc) is 3.18. The molecule has 1 aromatic rings. The van der Waals surface area contributed by atoms with Crippen molar-refractivity contribution in [3.05, 3.63) is 32.9 Å². The van der Waals surface area contributed by atoms with Crippen LogP contribution in [0.15, 0.2) is 15.8 Å². The molecule has 0 aliphatic carbocycles. The molecule has 248 valence electrons. The molecule has 0 saturated carbocycles. The summed E-state index contributed by atoms with van der Waals surface area (Å²) >= 11 is 7.28. The predicted molar refractivity (Wildman–Crippen MR) is 165 cm³/mol. The number of rotatable bonds is 11. The summed E-state index contributed by atoms with van der Waals surface area (Å²) in [5.41, 5.74) is -2.11. The summed E-state index contributed by atoms with van der Waals surface area (Å²) in [7, 11) is -5.70. The molecule has 1 aromatic heterocycles. The fourth-order valence-electron chi connectivity index (χ4n) is 5.62. The Hall–Kier alpha value is -0.933. The molecule has 3 heterocycles. The summed E-state index contributed by atoms with van der Waals surface area (Å²) in [6.07, 6.45) is 0.178. The maximum atomic E-state index is 14.2. The van der Waals surface area contributed by atoms with Gasteiger partial charge in [-0.25, -0.2) is 14.0 Å². The Balaban J connectivity index is 1.95. The molecular weight excluding hydrogens is 622 g/mol. The Kier molecular flexibility index (Phi) is 11.1. The lowest BCUT2D eigenvalue weighted by Gasteiger charge is -2.43. The number of ether oxygens (including phenoxy) is 2. The third-order valence-corrected chi connectivity index (χ3v) is 14.8. The largest absolute Gasteiger partial charge is 0.411 e. The Labute approximate surface area is 259 Å². The number of nitrogens with one attached hydrogen (secondary N) is 2. The first kappa shape index (κ1) is 36.5. The van der Waals surface area contributed by atoms with E-state index in [1.165, 1.54) is 7.05 Å². The highest BCUT2D eigenvalue weighted by Gasteiger charge is 2.48. The van der Waals surface area contributed by atoms with E-state index in [-0.39, 0.29) is 42.3 Å². The molecule has 2 aliphatic heterocycles. The molecule has 12 nitrogen and oxygen atoms in total. The van der Waals surface area contributed by atoms with Crippen molar-refractivity contribution in [1.29, 1.82) is 0 Å². The molecule has 0 bridgehead atoms. The number of H-pyrrole nitrogens is 1. The smallest absolute Gasteiger partial charge is 0.402 e. The van der Waals surface area contributed by atoms with Crippen molar-refractivity contribution >= 4 is 27.7 Å². The molecular formula is C27H49ClFN4O8PSi. The van der Waals surface area contributed by atoms with Gasteiger partial charge in [0.2, 0.25) is 5.82 Å². The second-order valence-electron chi connectivity index (χ2n) is 14.3. The normalized spacial score (nSPS) is 28.3. The molecule has 3 unspecified atom stereocenters. The highest BCUT2D eigenvalue weighted by molar-refractivity contribution is 7.49. The van der Waals surface area contributed by atoms with Crippen molar-refractivity contribution < 1.29 is 32.6 Å². The van der Waals surface area contributed by atoms with E-state index >= 15 is 0 Å².